The molecule has 1 aromatic heterocycles. The van der Waals surface area contributed by atoms with E-state index in [4.69, 9.17) is 4.52 Å². The lowest BCUT2D eigenvalue weighted by Gasteiger charge is -2.00. The van der Waals surface area contributed by atoms with Gasteiger partial charge in [-0.15, -0.1) is 4.74 Å². The van der Waals surface area contributed by atoms with Crippen molar-refractivity contribution in [1.82, 2.24) is 4.74 Å². The highest BCUT2D eigenvalue weighted by Crippen LogP contribution is 2.12. The first-order valence-corrected chi connectivity index (χ1v) is 8.09. The average molecular weight is 342 g/mol. The molecule has 0 radical (unpaired) electrons. The number of fused-ring (bicyclic) bond motifs is 1. The van der Waals surface area contributed by atoms with Crippen LogP contribution in [-0.2, 0) is 0 Å². The van der Waals surface area contributed by atoms with Crippen LogP contribution >= 0.6 is 0 Å². The third-order valence-corrected chi connectivity index (χ3v) is 3.94. The zero-order valence-electron chi connectivity index (χ0n) is 13.7. The van der Waals surface area contributed by atoms with Gasteiger partial charge < -0.3 is 4.52 Å². The van der Waals surface area contributed by atoms with E-state index in [9.17, 15) is 9.59 Å². The Kier molecular flexibility index (Phi) is 4.03. The molecule has 0 atom stereocenters. The Balaban J connectivity index is 1.92. The van der Waals surface area contributed by atoms with Crippen molar-refractivity contribution in [2.45, 2.75) is 0 Å². The normalized spacial score (nSPS) is 11.6. The number of carbonyl (C=O) groups excluding carboxylic acids is 2. The van der Waals surface area contributed by atoms with Gasteiger partial charge in [-0.3, -0.25) is 9.59 Å². The molecule has 0 saturated carbocycles. The quantitative estimate of drug-likeness (QED) is 0.558. The summed E-state index contributed by atoms with van der Waals surface area (Å²) in [6.07, 6.45) is 0. The van der Waals surface area contributed by atoms with Crippen LogP contribution in [0, 0.1) is 0 Å². The molecule has 0 fully saturated rings. The molecule has 5 heteroatoms. The second kappa shape index (κ2) is 6.64. The molecular formula is C21H14N2O3. The second-order valence-corrected chi connectivity index (χ2v) is 5.66. The van der Waals surface area contributed by atoms with Crippen molar-refractivity contribution in [1.29, 1.82) is 0 Å². The van der Waals surface area contributed by atoms with Crippen LogP contribution in [0.2, 0.25) is 0 Å². The molecule has 0 aliphatic rings. The summed E-state index contributed by atoms with van der Waals surface area (Å²) < 4.78 is 6.74. The number of carbonyl (C=O) groups is 2. The van der Waals surface area contributed by atoms with Crippen LogP contribution in [0.4, 0.5) is 0 Å². The Labute approximate surface area is 148 Å². The van der Waals surface area contributed by atoms with Gasteiger partial charge in [0.15, 0.2) is 11.1 Å². The summed E-state index contributed by atoms with van der Waals surface area (Å²) in [6, 6.07) is 24.5. The third-order valence-electron chi connectivity index (χ3n) is 3.94. The first-order valence-electron chi connectivity index (χ1n) is 8.09. The van der Waals surface area contributed by atoms with Gasteiger partial charge in [-0.25, -0.2) is 0 Å². The van der Waals surface area contributed by atoms with Gasteiger partial charge in [-0.05, 0) is 36.4 Å². The molecule has 0 aliphatic carbocycles. The van der Waals surface area contributed by atoms with Crippen molar-refractivity contribution < 1.29 is 14.1 Å². The SMILES string of the molecule is O=C(/N=c1/c2ccccc2on1C(=O)c1ccccc1)c1ccccc1. The first kappa shape index (κ1) is 15.8. The molecule has 4 aromatic rings. The fourth-order valence-corrected chi connectivity index (χ4v) is 2.66. The van der Waals surface area contributed by atoms with Gasteiger partial charge in [0, 0.05) is 11.1 Å². The summed E-state index contributed by atoms with van der Waals surface area (Å²) in [5.74, 6) is -0.826. The van der Waals surface area contributed by atoms with Gasteiger partial charge in [0.25, 0.3) is 11.8 Å². The van der Waals surface area contributed by atoms with Gasteiger partial charge in [-0.2, -0.15) is 4.99 Å². The predicted molar refractivity (Wildman–Crippen MR) is 96.7 cm³/mol. The predicted octanol–water partition coefficient (Wildman–Crippen LogP) is 3.66. The number of benzene rings is 3. The summed E-state index contributed by atoms with van der Waals surface area (Å²) in [7, 11) is 0. The molecule has 0 unspecified atom stereocenters. The maximum absolute atomic E-state index is 12.9. The van der Waals surface area contributed by atoms with Crippen LogP contribution in [0.3, 0.4) is 0 Å². The van der Waals surface area contributed by atoms with Gasteiger partial charge in [-0.1, -0.05) is 48.5 Å². The number of para-hydroxylation sites is 1. The van der Waals surface area contributed by atoms with Gasteiger partial charge in [0.1, 0.15) is 0 Å². The Hall–Kier alpha value is -3.73. The molecule has 26 heavy (non-hydrogen) atoms. The zero-order chi connectivity index (χ0) is 17.9. The monoisotopic (exact) mass is 342 g/mol. The van der Waals surface area contributed by atoms with Gasteiger partial charge >= 0.3 is 0 Å². The topological polar surface area (TPSA) is 64.6 Å². The number of aromatic nitrogens is 1. The smallest absolute Gasteiger partial charge is 0.292 e. The van der Waals surface area contributed by atoms with E-state index in [0.29, 0.717) is 22.1 Å². The van der Waals surface area contributed by atoms with Crippen molar-refractivity contribution in [3.05, 3.63) is 102 Å². The van der Waals surface area contributed by atoms with Crippen LogP contribution in [0.15, 0.2) is 94.4 Å². The highest BCUT2D eigenvalue weighted by atomic mass is 16.5. The Morgan fingerprint density at radius 2 is 1.31 bits per heavy atom. The minimum absolute atomic E-state index is 0.184. The Morgan fingerprint density at radius 1 is 0.731 bits per heavy atom. The molecule has 126 valence electrons. The fourth-order valence-electron chi connectivity index (χ4n) is 2.66. The maximum atomic E-state index is 12.9. The molecule has 0 N–H and O–H groups in total. The van der Waals surface area contributed by atoms with E-state index in [0.717, 1.165) is 4.74 Å². The third kappa shape index (κ3) is 2.86. The fraction of sp³-hybridized carbons (Fsp3) is 0. The lowest BCUT2D eigenvalue weighted by Crippen LogP contribution is -2.25. The molecule has 0 aliphatic heterocycles. The number of hydrogen-bond acceptors (Lipinski definition) is 3. The minimum atomic E-state index is -0.438. The largest absolute Gasteiger partial charge is 0.369 e. The van der Waals surface area contributed by atoms with Crippen molar-refractivity contribution in [2.24, 2.45) is 4.99 Å². The van der Waals surface area contributed by atoms with E-state index >= 15 is 0 Å². The molecule has 0 saturated heterocycles. The average Bonchev–Trinajstić information content (AvgIpc) is 3.07. The van der Waals surface area contributed by atoms with E-state index in [1.54, 1.807) is 72.8 Å². The molecule has 1 amide bonds. The summed E-state index contributed by atoms with van der Waals surface area (Å²) in [5.41, 5.74) is 1.55. The summed E-state index contributed by atoms with van der Waals surface area (Å²) in [6.45, 7) is 0. The van der Waals surface area contributed by atoms with Crippen LogP contribution < -0.4 is 5.49 Å². The van der Waals surface area contributed by atoms with Crippen molar-refractivity contribution in [2.75, 3.05) is 0 Å². The number of rotatable bonds is 2. The molecule has 0 bridgehead atoms. The highest BCUT2D eigenvalue weighted by molar-refractivity contribution is 5.98. The molecule has 3 aromatic carbocycles. The van der Waals surface area contributed by atoms with Crippen LogP contribution in [0.25, 0.3) is 11.0 Å². The van der Waals surface area contributed by atoms with E-state index in [1.165, 1.54) is 0 Å². The summed E-state index contributed by atoms with van der Waals surface area (Å²) in [4.78, 5) is 29.6. The molecular weight excluding hydrogens is 328 g/mol. The van der Waals surface area contributed by atoms with E-state index in [-0.39, 0.29) is 11.4 Å². The number of amides is 1. The lowest BCUT2D eigenvalue weighted by molar-refractivity contribution is 0.0847. The van der Waals surface area contributed by atoms with E-state index in [2.05, 4.69) is 4.99 Å². The first-order chi connectivity index (χ1) is 12.7. The molecule has 5 nitrogen and oxygen atoms in total. The minimum Gasteiger partial charge on any atom is -0.369 e. The summed E-state index contributed by atoms with van der Waals surface area (Å²) >= 11 is 0. The standard InChI is InChI=1S/C21H14N2O3/c24-20(15-9-3-1-4-10-15)22-19-17-13-7-8-14-18(17)26-23(19)21(25)16-11-5-2-6-12-16/h1-14H/b22-19-. The lowest BCUT2D eigenvalue weighted by atomic mass is 10.2. The van der Waals surface area contributed by atoms with Crippen molar-refractivity contribution in [3.8, 4) is 0 Å². The van der Waals surface area contributed by atoms with Crippen LogP contribution in [0.5, 0.6) is 0 Å². The Bertz CT molecular complexity index is 1160. The highest BCUT2D eigenvalue weighted by Gasteiger charge is 2.17. The van der Waals surface area contributed by atoms with E-state index < -0.39 is 5.91 Å². The maximum Gasteiger partial charge on any atom is 0.292 e. The second-order valence-electron chi connectivity index (χ2n) is 5.66. The molecule has 1 heterocycles. The van der Waals surface area contributed by atoms with Crippen LogP contribution in [-0.4, -0.2) is 16.6 Å². The Morgan fingerprint density at radius 3 is 2.00 bits per heavy atom. The van der Waals surface area contributed by atoms with Crippen molar-refractivity contribution >= 4 is 22.8 Å². The van der Waals surface area contributed by atoms with Crippen LogP contribution in [0.1, 0.15) is 20.7 Å². The van der Waals surface area contributed by atoms with E-state index in [1.807, 2.05) is 12.1 Å². The van der Waals surface area contributed by atoms with Gasteiger partial charge in [0.05, 0.1) is 5.39 Å². The molecule has 4 rings (SSSR count). The molecule has 0 spiro atoms. The zero-order valence-corrected chi connectivity index (χ0v) is 13.7. The summed E-state index contributed by atoms with van der Waals surface area (Å²) in [5, 5.41) is 0.598. The number of nitrogens with zero attached hydrogens (tertiary/aromatic N) is 2. The number of hydrogen-bond donors (Lipinski definition) is 0. The van der Waals surface area contributed by atoms with Gasteiger partial charge in [0.2, 0.25) is 0 Å². The van der Waals surface area contributed by atoms with Crippen molar-refractivity contribution in [3.63, 3.8) is 0 Å².